The third kappa shape index (κ3) is 3.36. The smallest absolute Gasteiger partial charge is 0.432 e. The maximum Gasteiger partial charge on any atom is 0.432 e. The topological polar surface area (TPSA) is 116 Å². The lowest BCUT2D eigenvalue weighted by molar-refractivity contribution is -0.137. The van der Waals surface area contributed by atoms with Crippen molar-refractivity contribution in [3.05, 3.63) is 35.9 Å². The Labute approximate surface area is 114 Å². The van der Waals surface area contributed by atoms with E-state index in [1.54, 1.807) is 24.3 Å². The Balaban J connectivity index is 1.77. The number of β-lactam (4-membered cyclic amide) rings is 1. The van der Waals surface area contributed by atoms with Gasteiger partial charge in [-0.15, -0.1) is 0 Å². The number of nitrogens with one attached hydrogen (secondary N) is 1. The van der Waals surface area contributed by atoms with Crippen molar-refractivity contribution >= 4 is 19.7 Å². The van der Waals surface area contributed by atoms with Crippen LogP contribution >= 0.6 is 7.75 Å². The molecule has 20 heavy (non-hydrogen) atoms. The normalized spacial score (nSPS) is 18.4. The Morgan fingerprint density at radius 3 is 2.60 bits per heavy atom. The minimum absolute atomic E-state index is 0.0514. The van der Waals surface area contributed by atoms with E-state index in [0.29, 0.717) is 4.67 Å². The highest BCUT2D eigenvalue weighted by atomic mass is 31.2. The number of ether oxygens (including phenoxy) is 1. The molecule has 8 nitrogen and oxygen atoms in total. The molecule has 1 aliphatic heterocycles. The molecule has 9 heteroatoms. The van der Waals surface area contributed by atoms with Crippen LogP contribution in [0.2, 0.25) is 0 Å². The lowest BCUT2D eigenvalue weighted by atomic mass is 10.2. The predicted octanol–water partition coefficient (Wildman–Crippen LogP) is 0.216. The monoisotopic (exact) mass is 300 g/mol. The number of rotatable bonds is 4. The van der Waals surface area contributed by atoms with E-state index in [1.165, 1.54) is 0 Å². The highest BCUT2D eigenvalue weighted by Crippen LogP contribution is 2.44. The third-order valence-electron chi connectivity index (χ3n) is 2.73. The molecule has 0 saturated carbocycles. The summed E-state index contributed by atoms with van der Waals surface area (Å²) >= 11 is 0. The fourth-order valence-electron chi connectivity index (χ4n) is 1.66. The Bertz CT molecular complexity index is 557. The number of alkyl carbamates (subject to hydrolysis) is 1. The number of nitrogens with zero attached hydrogens (tertiary/aromatic N) is 1. The highest BCUT2D eigenvalue weighted by Gasteiger charge is 2.46. The standard InChI is InChI=1S/C11H13N2O6P/c14-10-9(6-13(10)20(16,17)18)12-11(15)19-7-8-4-2-1-3-5-8/h1-5,9H,6-7H2,(H,12,15)(H2,16,17,18)/t9-/m0/s1. The van der Waals surface area contributed by atoms with Crippen LogP contribution in [0.4, 0.5) is 4.79 Å². The van der Waals surface area contributed by atoms with Gasteiger partial charge < -0.3 is 19.8 Å². The van der Waals surface area contributed by atoms with Gasteiger partial charge in [0.25, 0.3) is 5.91 Å². The molecule has 1 aliphatic rings. The summed E-state index contributed by atoms with van der Waals surface area (Å²) in [5, 5.41) is 2.24. The Morgan fingerprint density at radius 1 is 1.40 bits per heavy atom. The molecule has 2 amide bonds. The van der Waals surface area contributed by atoms with Gasteiger partial charge in [0.1, 0.15) is 12.6 Å². The van der Waals surface area contributed by atoms with E-state index in [1.807, 2.05) is 6.07 Å². The molecule has 2 rings (SSSR count). The van der Waals surface area contributed by atoms with E-state index >= 15 is 0 Å². The number of carbonyl (C=O) groups is 2. The Kier molecular flexibility index (Phi) is 4.08. The van der Waals surface area contributed by atoms with E-state index in [2.05, 4.69) is 5.32 Å². The van der Waals surface area contributed by atoms with Gasteiger partial charge in [-0.1, -0.05) is 30.3 Å². The van der Waals surface area contributed by atoms with E-state index in [4.69, 9.17) is 14.5 Å². The number of hydrogen-bond donors (Lipinski definition) is 3. The number of hydrogen-bond acceptors (Lipinski definition) is 4. The van der Waals surface area contributed by atoms with E-state index in [-0.39, 0.29) is 13.2 Å². The van der Waals surface area contributed by atoms with Gasteiger partial charge in [-0.25, -0.2) is 14.0 Å². The zero-order valence-electron chi connectivity index (χ0n) is 10.3. The van der Waals surface area contributed by atoms with Crippen molar-refractivity contribution in [1.82, 2.24) is 9.99 Å². The first-order valence-corrected chi connectivity index (χ1v) is 7.29. The molecule has 0 spiro atoms. The van der Waals surface area contributed by atoms with Crippen LogP contribution in [0.25, 0.3) is 0 Å². The zero-order valence-corrected chi connectivity index (χ0v) is 11.2. The number of amides is 2. The largest absolute Gasteiger partial charge is 0.445 e. The van der Waals surface area contributed by atoms with Gasteiger partial charge in [0.05, 0.1) is 6.54 Å². The van der Waals surface area contributed by atoms with Gasteiger partial charge in [0, 0.05) is 0 Å². The van der Waals surface area contributed by atoms with Crippen LogP contribution in [-0.2, 0) is 20.7 Å². The van der Waals surface area contributed by atoms with E-state index in [0.717, 1.165) is 5.56 Å². The molecule has 0 aliphatic carbocycles. The molecular formula is C11H13N2O6P. The van der Waals surface area contributed by atoms with Crippen LogP contribution in [0.5, 0.6) is 0 Å². The van der Waals surface area contributed by atoms with Crippen LogP contribution in [0.1, 0.15) is 5.56 Å². The molecule has 1 atom stereocenters. The second-order valence-electron chi connectivity index (χ2n) is 4.19. The second-order valence-corrected chi connectivity index (χ2v) is 5.70. The summed E-state index contributed by atoms with van der Waals surface area (Å²) in [4.78, 5) is 40.4. The molecule has 0 bridgehead atoms. The fraction of sp³-hybridized carbons (Fsp3) is 0.273. The summed E-state index contributed by atoms with van der Waals surface area (Å²) in [6, 6.07) is 8.02. The average molecular weight is 300 g/mol. The van der Waals surface area contributed by atoms with Crippen molar-refractivity contribution < 1.29 is 28.7 Å². The van der Waals surface area contributed by atoms with Crippen molar-refractivity contribution in [3.63, 3.8) is 0 Å². The van der Waals surface area contributed by atoms with E-state index in [9.17, 15) is 14.2 Å². The number of benzene rings is 1. The fourth-order valence-corrected chi connectivity index (χ4v) is 2.43. The Hall–Kier alpha value is -1.89. The van der Waals surface area contributed by atoms with Crippen molar-refractivity contribution in [2.24, 2.45) is 0 Å². The molecule has 3 N–H and O–H groups in total. The van der Waals surface area contributed by atoms with Gasteiger partial charge in [-0.2, -0.15) is 0 Å². The molecule has 0 aromatic heterocycles. The van der Waals surface area contributed by atoms with Crippen LogP contribution in [0.3, 0.4) is 0 Å². The first-order chi connectivity index (χ1) is 9.38. The summed E-state index contributed by atoms with van der Waals surface area (Å²) in [7, 11) is -4.58. The van der Waals surface area contributed by atoms with Crippen molar-refractivity contribution in [2.75, 3.05) is 6.54 Å². The Morgan fingerprint density at radius 2 is 2.05 bits per heavy atom. The molecule has 0 radical (unpaired) electrons. The summed E-state index contributed by atoms with van der Waals surface area (Å²) < 4.78 is 16.1. The molecule has 1 aromatic carbocycles. The molecule has 1 aromatic rings. The van der Waals surface area contributed by atoms with Crippen molar-refractivity contribution in [3.8, 4) is 0 Å². The molecule has 1 heterocycles. The number of carbonyl (C=O) groups excluding carboxylic acids is 2. The maximum atomic E-state index is 11.4. The lowest BCUT2D eigenvalue weighted by Crippen LogP contribution is -2.62. The minimum atomic E-state index is -4.58. The van der Waals surface area contributed by atoms with Crippen LogP contribution < -0.4 is 5.32 Å². The summed E-state index contributed by atoms with van der Waals surface area (Å²) in [6.07, 6.45) is -0.808. The van der Waals surface area contributed by atoms with E-state index < -0.39 is 25.8 Å². The van der Waals surface area contributed by atoms with Gasteiger partial charge in [0.15, 0.2) is 0 Å². The predicted molar refractivity (Wildman–Crippen MR) is 67.3 cm³/mol. The van der Waals surface area contributed by atoms with Gasteiger partial charge in [-0.05, 0) is 5.56 Å². The summed E-state index contributed by atoms with van der Waals surface area (Å²) in [6.45, 7) is -0.181. The molecule has 0 unspecified atom stereocenters. The maximum absolute atomic E-state index is 11.4. The first kappa shape index (κ1) is 14.5. The summed E-state index contributed by atoms with van der Waals surface area (Å²) in [5.41, 5.74) is 0.791. The quantitative estimate of drug-likeness (QED) is 0.541. The SMILES string of the molecule is O=C(N[C@H]1CN(P(=O)(O)O)C1=O)OCc1ccccc1. The molecule has 1 saturated heterocycles. The molecular weight excluding hydrogens is 287 g/mol. The molecule has 108 valence electrons. The second kappa shape index (κ2) is 5.62. The van der Waals surface area contributed by atoms with Gasteiger partial charge in [-0.3, -0.25) is 4.79 Å². The van der Waals surface area contributed by atoms with Gasteiger partial charge >= 0.3 is 13.8 Å². The van der Waals surface area contributed by atoms with Gasteiger partial charge in [0.2, 0.25) is 0 Å². The average Bonchev–Trinajstić information content (AvgIpc) is 2.40. The lowest BCUT2D eigenvalue weighted by Gasteiger charge is -2.37. The molecule has 1 fully saturated rings. The van der Waals surface area contributed by atoms with Crippen LogP contribution in [0.15, 0.2) is 30.3 Å². The van der Waals surface area contributed by atoms with Crippen LogP contribution in [-0.4, -0.2) is 39.0 Å². The van der Waals surface area contributed by atoms with Crippen LogP contribution in [0, 0.1) is 0 Å². The van der Waals surface area contributed by atoms with Crippen molar-refractivity contribution in [1.29, 1.82) is 0 Å². The summed E-state index contributed by atoms with van der Waals surface area (Å²) in [5.74, 6) is -0.824. The highest BCUT2D eigenvalue weighted by molar-refractivity contribution is 7.50. The minimum Gasteiger partial charge on any atom is -0.445 e. The zero-order chi connectivity index (χ0) is 14.8. The third-order valence-corrected chi connectivity index (χ3v) is 3.72. The first-order valence-electron chi connectivity index (χ1n) is 5.72. The van der Waals surface area contributed by atoms with Crippen molar-refractivity contribution in [2.45, 2.75) is 12.6 Å².